The maximum absolute atomic E-state index is 8.91. The third-order valence-corrected chi connectivity index (χ3v) is 3.07. The zero-order chi connectivity index (χ0) is 14.1. The lowest BCUT2D eigenvalue weighted by molar-refractivity contribution is 0.318. The molecule has 0 aliphatic heterocycles. The van der Waals surface area contributed by atoms with Crippen LogP contribution in [0.1, 0.15) is 5.56 Å². The van der Waals surface area contributed by atoms with Crippen molar-refractivity contribution in [1.82, 2.24) is 14.8 Å². The molecule has 0 unspecified atom stereocenters. The van der Waals surface area contributed by atoms with Crippen molar-refractivity contribution in [1.29, 1.82) is 0 Å². The molecule has 3 rings (SSSR count). The third kappa shape index (κ3) is 2.06. The molecule has 20 heavy (non-hydrogen) atoms. The average molecular weight is 288 g/mol. The molecule has 1 aromatic carbocycles. The van der Waals surface area contributed by atoms with Crippen LogP contribution >= 0.6 is 11.6 Å². The van der Waals surface area contributed by atoms with Gasteiger partial charge in [-0.1, -0.05) is 35.0 Å². The Bertz CT molecular complexity index is 811. The van der Waals surface area contributed by atoms with Crippen molar-refractivity contribution >= 4 is 28.3 Å². The summed E-state index contributed by atoms with van der Waals surface area (Å²) in [6.45, 7) is 0. The average Bonchev–Trinajstić information content (AvgIpc) is 2.92. The number of rotatable bonds is 2. The number of oxime groups is 1. The summed E-state index contributed by atoms with van der Waals surface area (Å²) < 4.78 is 1.53. The number of hydrogen-bond acceptors (Lipinski definition) is 4. The Morgan fingerprint density at radius 3 is 2.85 bits per heavy atom. The van der Waals surface area contributed by atoms with Crippen molar-refractivity contribution in [2.75, 3.05) is 0 Å². The molecule has 0 fully saturated rings. The monoisotopic (exact) mass is 287 g/mol. The lowest BCUT2D eigenvalue weighted by atomic mass is 10.1. The quantitative estimate of drug-likeness (QED) is 0.327. The van der Waals surface area contributed by atoms with E-state index in [-0.39, 0.29) is 5.84 Å². The lowest BCUT2D eigenvalue weighted by Crippen LogP contribution is -2.15. The molecule has 7 heteroatoms. The van der Waals surface area contributed by atoms with E-state index in [0.717, 1.165) is 10.9 Å². The molecule has 0 aliphatic carbocycles. The molecule has 0 spiro atoms. The van der Waals surface area contributed by atoms with Crippen LogP contribution in [0.15, 0.2) is 47.9 Å². The molecule has 3 N–H and O–H groups in total. The number of pyridine rings is 1. The fraction of sp³-hybridized carbons (Fsp3) is 0. The number of hydrogen-bond donors (Lipinski definition) is 2. The van der Waals surface area contributed by atoms with Gasteiger partial charge in [-0.25, -0.2) is 9.67 Å². The number of benzene rings is 1. The summed E-state index contributed by atoms with van der Waals surface area (Å²) in [5.74, 6) is 0.556. The topological polar surface area (TPSA) is 89.3 Å². The van der Waals surface area contributed by atoms with E-state index in [2.05, 4.69) is 15.2 Å². The standard InChI is InChI=1S/C13H10ClN5O/c14-8-6-16-19(7-8)12-5-10(13(15)18-20)9-3-1-2-4-11(9)17-12/h1-7,20H,(H2,15,18). The number of fused-ring (bicyclic) bond motifs is 1. The summed E-state index contributed by atoms with van der Waals surface area (Å²) in [6, 6.07) is 9.13. The van der Waals surface area contributed by atoms with Gasteiger partial charge in [-0.3, -0.25) is 0 Å². The fourth-order valence-electron chi connectivity index (χ4n) is 1.97. The van der Waals surface area contributed by atoms with Crippen LogP contribution in [0.25, 0.3) is 16.7 Å². The molecule has 100 valence electrons. The summed E-state index contributed by atoms with van der Waals surface area (Å²) >= 11 is 5.86. The Morgan fingerprint density at radius 1 is 1.35 bits per heavy atom. The second-order valence-corrected chi connectivity index (χ2v) is 4.57. The molecule has 0 radical (unpaired) electrons. The fourth-order valence-corrected chi connectivity index (χ4v) is 2.11. The highest BCUT2D eigenvalue weighted by atomic mass is 35.5. The number of nitrogens with zero attached hydrogens (tertiary/aromatic N) is 4. The van der Waals surface area contributed by atoms with E-state index in [1.807, 2.05) is 24.3 Å². The van der Waals surface area contributed by atoms with E-state index in [9.17, 15) is 0 Å². The third-order valence-electron chi connectivity index (χ3n) is 2.87. The van der Waals surface area contributed by atoms with Crippen molar-refractivity contribution in [3.63, 3.8) is 0 Å². The van der Waals surface area contributed by atoms with Gasteiger partial charge in [0.1, 0.15) is 0 Å². The molecular formula is C13H10ClN5O. The molecule has 2 heterocycles. The Kier molecular flexibility index (Phi) is 3.00. The van der Waals surface area contributed by atoms with Crippen LogP contribution in [0.3, 0.4) is 0 Å². The molecule has 0 amide bonds. The molecular weight excluding hydrogens is 278 g/mol. The summed E-state index contributed by atoms with van der Waals surface area (Å²) in [4.78, 5) is 4.49. The Morgan fingerprint density at radius 2 is 2.15 bits per heavy atom. The summed E-state index contributed by atoms with van der Waals surface area (Å²) in [5, 5.41) is 17.4. The maximum atomic E-state index is 8.91. The number of amidine groups is 1. The molecule has 3 aromatic rings. The first-order valence-corrected chi connectivity index (χ1v) is 6.15. The first-order chi connectivity index (χ1) is 9.69. The largest absolute Gasteiger partial charge is 0.409 e. The molecule has 2 aromatic heterocycles. The zero-order valence-electron chi connectivity index (χ0n) is 10.2. The number of halogens is 1. The summed E-state index contributed by atoms with van der Waals surface area (Å²) in [6.07, 6.45) is 3.15. The predicted molar refractivity (Wildman–Crippen MR) is 76.4 cm³/mol. The van der Waals surface area contributed by atoms with Crippen LogP contribution in [0.4, 0.5) is 0 Å². The van der Waals surface area contributed by atoms with E-state index in [0.29, 0.717) is 16.4 Å². The minimum absolute atomic E-state index is 0.0168. The molecule has 0 bridgehead atoms. The van der Waals surface area contributed by atoms with E-state index in [1.165, 1.54) is 10.9 Å². The number of nitrogens with two attached hydrogens (primary N) is 1. The Labute approximate surface area is 119 Å². The first kappa shape index (κ1) is 12.4. The van der Waals surface area contributed by atoms with Crippen molar-refractivity contribution in [3.8, 4) is 5.82 Å². The van der Waals surface area contributed by atoms with Gasteiger partial charge in [0.05, 0.1) is 22.9 Å². The van der Waals surface area contributed by atoms with Crippen LogP contribution in [0, 0.1) is 0 Å². The normalized spacial score (nSPS) is 11.9. The lowest BCUT2D eigenvalue weighted by Gasteiger charge is -2.08. The van der Waals surface area contributed by atoms with Gasteiger partial charge in [-0.2, -0.15) is 5.10 Å². The van der Waals surface area contributed by atoms with Crippen LogP contribution in [0.2, 0.25) is 5.02 Å². The predicted octanol–water partition coefficient (Wildman–Crippen LogP) is 2.17. The van der Waals surface area contributed by atoms with Crippen molar-refractivity contribution in [2.24, 2.45) is 10.9 Å². The van der Waals surface area contributed by atoms with Gasteiger partial charge >= 0.3 is 0 Å². The minimum Gasteiger partial charge on any atom is -0.409 e. The summed E-state index contributed by atoms with van der Waals surface area (Å²) in [7, 11) is 0. The van der Waals surface area contributed by atoms with Crippen LogP contribution < -0.4 is 5.73 Å². The Balaban J connectivity index is 2.30. The van der Waals surface area contributed by atoms with Crippen LogP contribution in [-0.2, 0) is 0 Å². The highest BCUT2D eigenvalue weighted by Gasteiger charge is 2.11. The van der Waals surface area contributed by atoms with Gasteiger partial charge in [-0.05, 0) is 12.1 Å². The highest BCUT2D eigenvalue weighted by Crippen LogP contribution is 2.20. The van der Waals surface area contributed by atoms with E-state index in [4.69, 9.17) is 22.5 Å². The zero-order valence-corrected chi connectivity index (χ0v) is 11.0. The van der Waals surface area contributed by atoms with Gasteiger partial charge in [-0.15, -0.1) is 0 Å². The Hall–Kier alpha value is -2.60. The smallest absolute Gasteiger partial charge is 0.170 e. The molecule has 0 aliphatic rings. The first-order valence-electron chi connectivity index (χ1n) is 5.77. The highest BCUT2D eigenvalue weighted by molar-refractivity contribution is 6.30. The van der Waals surface area contributed by atoms with Gasteiger partial charge in [0.15, 0.2) is 11.7 Å². The van der Waals surface area contributed by atoms with E-state index < -0.39 is 0 Å². The van der Waals surface area contributed by atoms with E-state index in [1.54, 1.807) is 12.3 Å². The summed E-state index contributed by atoms with van der Waals surface area (Å²) in [5.41, 5.74) is 7.03. The maximum Gasteiger partial charge on any atom is 0.170 e. The van der Waals surface area contributed by atoms with Crippen LogP contribution in [-0.4, -0.2) is 25.8 Å². The minimum atomic E-state index is 0.0168. The van der Waals surface area contributed by atoms with Gasteiger partial charge < -0.3 is 10.9 Å². The van der Waals surface area contributed by atoms with Crippen molar-refractivity contribution in [3.05, 3.63) is 53.3 Å². The second-order valence-electron chi connectivity index (χ2n) is 4.13. The molecule has 0 saturated carbocycles. The van der Waals surface area contributed by atoms with Gasteiger partial charge in [0.25, 0.3) is 0 Å². The van der Waals surface area contributed by atoms with Crippen molar-refractivity contribution < 1.29 is 5.21 Å². The van der Waals surface area contributed by atoms with Gasteiger partial charge in [0, 0.05) is 10.9 Å². The second kappa shape index (κ2) is 4.82. The van der Waals surface area contributed by atoms with E-state index >= 15 is 0 Å². The number of aromatic nitrogens is 3. The molecule has 0 saturated heterocycles. The molecule has 6 nitrogen and oxygen atoms in total. The van der Waals surface area contributed by atoms with Crippen LogP contribution in [0.5, 0.6) is 0 Å². The SMILES string of the molecule is NC(=NO)c1cc(-n2cc(Cl)cn2)nc2ccccc12. The van der Waals surface area contributed by atoms with Crippen molar-refractivity contribution in [2.45, 2.75) is 0 Å². The number of para-hydroxylation sites is 1. The molecule has 0 atom stereocenters. The van der Waals surface area contributed by atoms with Gasteiger partial charge in [0.2, 0.25) is 0 Å².